The molecule has 2 amide bonds. The third-order valence-electron chi connectivity index (χ3n) is 7.19. The van der Waals surface area contributed by atoms with Gasteiger partial charge in [-0.15, -0.1) is 11.8 Å². The van der Waals surface area contributed by atoms with Gasteiger partial charge in [0.05, 0.1) is 5.75 Å². The summed E-state index contributed by atoms with van der Waals surface area (Å²) in [5.41, 5.74) is 4.12. The molecule has 0 aliphatic heterocycles. The van der Waals surface area contributed by atoms with Crippen molar-refractivity contribution in [3.63, 3.8) is 0 Å². The Hall–Kier alpha value is -2.47. The topological polar surface area (TPSA) is 49.4 Å². The molecule has 1 aliphatic rings. The maximum Gasteiger partial charge on any atom is 0.243 e. The predicted molar refractivity (Wildman–Crippen MR) is 163 cm³/mol. The highest BCUT2D eigenvalue weighted by Gasteiger charge is 2.31. The summed E-state index contributed by atoms with van der Waals surface area (Å²) in [6, 6.07) is 23.1. The summed E-state index contributed by atoms with van der Waals surface area (Å²) in [6.07, 6.45) is 5.92. The average Bonchev–Trinajstić information content (AvgIpc) is 2.94. The second-order valence-electron chi connectivity index (χ2n) is 10.3. The summed E-state index contributed by atoms with van der Waals surface area (Å²) in [5, 5.41) is 4.47. The minimum Gasteiger partial charge on any atom is -0.352 e. The van der Waals surface area contributed by atoms with Crippen molar-refractivity contribution < 1.29 is 9.59 Å². The Morgan fingerprint density at radius 2 is 1.67 bits per heavy atom. The minimum atomic E-state index is -0.608. The summed E-state index contributed by atoms with van der Waals surface area (Å²) in [6.45, 7) is 2.41. The molecule has 1 unspecified atom stereocenters. The molecule has 0 spiro atoms. The maximum atomic E-state index is 13.8. The molecule has 3 aromatic carbocycles. The molecule has 1 N–H and O–H groups in total. The van der Waals surface area contributed by atoms with Crippen molar-refractivity contribution in [2.75, 3.05) is 5.75 Å². The van der Waals surface area contributed by atoms with Gasteiger partial charge in [-0.2, -0.15) is 0 Å². The second kappa shape index (κ2) is 14.8. The van der Waals surface area contributed by atoms with Gasteiger partial charge < -0.3 is 10.2 Å². The van der Waals surface area contributed by atoms with Gasteiger partial charge >= 0.3 is 0 Å². The third kappa shape index (κ3) is 9.02. The lowest BCUT2D eigenvalue weighted by atomic mass is 9.94. The second-order valence-corrected chi connectivity index (χ2v) is 12.1. The lowest BCUT2D eigenvalue weighted by Gasteiger charge is -2.33. The first-order chi connectivity index (χ1) is 18.9. The van der Waals surface area contributed by atoms with Crippen molar-refractivity contribution >= 4 is 46.8 Å². The molecule has 3 aromatic rings. The molecule has 1 saturated carbocycles. The standard InChI is InChI=1S/C32H36Cl2N2O2S/c1-23-12-14-25(15-13-23)20-36(31(37)22-39-21-26-16-17-27(33)19-29(26)34)30(18-24-8-4-2-5-9-24)32(38)35-28-10-6-3-7-11-28/h2,4-5,8-9,12-17,19,28,30H,3,6-7,10-11,18,20-22H2,1H3,(H,35,38). The normalized spacial score (nSPS) is 14.5. The summed E-state index contributed by atoms with van der Waals surface area (Å²) in [4.78, 5) is 29.4. The number of nitrogens with one attached hydrogen (secondary N) is 1. The summed E-state index contributed by atoms with van der Waals surface area (Å²) in [7, 11) is 0. The fraction of sp³-hybridized carbons (Fsp3) is 0.375. The quantitative estimate of drug-likeness (QED) is 0.253. The van der Waals surface area contributed by atoms with E-state index in [2.05, 4.69) is 5.32 Å². The van der Waals surface area contributed by atoms with E-state index in [1.54, 1.807) is 17.0 Å². The summed E-state index contributed by atoms with van der Waals surface area (Å²) in [5.74, 6) is 0.687. The first-order valence-electron chi connectivity index (χ1n) is 13.6. The van der Waals surface area contributed by atoms with Crippen LogP contribution in [-0.4, -0.2) is 34.6 Å². The Kier molecular flexibility index (Phi) is 11.2. The Morgan fingerprint density at radius 1 is 0.949 bits per heavy atom. The first kappa shape index (κ1) is 29.5. The van der Waals surface area contributed by atoms with E-state index in [1.807, 2.05) is 67.6 Å². The molecule has 7 heteroatoms. The van der Waals surface area contributed by atoms with Crippen molar-refractivity contribution in [2.24, 2.45) is 0 Å². The lowest BCUT2D eigenvalue weighted by molar-refractivity contribution is -0.139. The molecule has 1 aliphatic carbocycles. The number of carbonyl (C=O) groups is 2. The highest BCUT2D eigenvalue weighted by atomic mass is 35.5. The lowest BCUT2D eigenvalue weighted by Crippen LogP contribution is -2.53. The maximum absolute atomic E-state index is 13.8. The van der Waals surface area contributed by atoms with Gasteiger partial charge in [-0.3, -0.25) is 9.59 Å². The van der Waals surface area contributed by atoms with E-state index in [-0.39, 0.29) is 23.6 Å². The number of hydrogen-bond donors (Lipinski definition) is 1. The Balaban J connectivity index is 1.56. The number of thioether (sulfide) groups is 1. The van der Waals surface area contributed by atoms with Gasteiger partial charge in [0.1, 0.15) is 6.04 Å². The van der Waals surface area contributed by atoms with Crippen LogP contribution in [0.15, 0.2) is 72.8 Å². The van der Waals surface area contributed by atoms with Gasteiger partial charge in [-0.05, 0) is 48.6 Å². The fourth-order valence-corrected chi connectivity index (χ4v) is 6.43. The zero-order valence-electron chi connectivity index (χ0n) is 22.4. The number of benzene rings is 3. The van der Waals surface area contributed by atoms with Crippen molar-refractivity contribution in [3.05, 3.63) is 105 Å². The molecule has 39 heavy (non-hydrogen) atoms. The van der Waals surface area contributed by atoms with Gasteiger partial charge in [-0.1, -0.05) is 109 Å². The van der Waals surface area contributed by atoms with Gasteiger partial charge in [0, 0.05) is 34.8 Å². The molecule has 4 rings (SSSR count). The van der Waals surface area contributed by atoms with E-state index in [9.17, 15) is 9.59 Å². The first-order valence-corrected chi connectivity index (χ1v) is 15.5. The smallest absolute Gasteiger partial charge is 0.243 e. The van der Waals surface area contributed by atoms with Crippen molar-refractivity contribution in [3.8, 4) is 0 Å². The Bertz CT molecular complexity index is 1230. The largest absolute Gasteiger partial charge is 0.352 e. The van der Waals surface area contributed by atoms with E-state index >= 15 is 0 Å². The molecule has 0 saturated heterocycles. The Morgan fingerprint density at radius 3 is 2.36 bits per heavy atom. The average molecular weight is 584 g/mol. The monoisotopic (exact) mass is 582 g/mol. The number of carbonyl (C=O) groups excluding carboxylic acids is 2. The summed E-state index contributed by atoms with van der Waals surface area (Å²) >= 11 is 13.9. The molecule has 0 aromatic heterocycles. The number of amides is 2. The van der Waals surface area contributed by atoms with Crippen LogP contribution in [0.2, 0.25) is 10.0 Å². The molecule has 0 heterocycles. The van der Waals surface area contributed by atoms with Crippen LogP contribution in [0.4, 0.5) is 0 Å². The SMILES string of the molecule is Cc1ccc(CN(C(=O)CSCc2ccc(Cl)cc2Cl)C(Cc2ccccc2)C(=O)NC2CCCCC2)cc1. The van der Waals surface area contributed by atoms with Gasteiger partial charge in [0.15, 0.2) is 0 Å². The molecule has 4 nitrogen and oxygen atoms in total. The van der Waals surface area contributed by atoms with Crippen molar-refractivity contribution in [1.29, 1.82) is 0 Å². The highest BCUT2D eigenvalue weighted by Crippen LogP contribution is 2.26. The molecule has 1 atom stereocenters. The van der Waals surface area contributed by atoms with Gasteiger partial charge in [0.25, 0.3) is 0 Å². The minimum absolute atomic E-state index is 0.0645. The number of aryl methyl sites for hydroxylation is 1. The highest BCUT2D eigenvalue weighted by molar-refractivity contribution is 7.99. The summed E-state index contributed by atoms with van der Waals surface area (Å²) < 4.78 is 0. The van der Waals surface area contributed by atoms with Crippen LogP contribution in [0.5, 0.6) is 0 Å². The van der Waals surface area contributed by atoms with Crippen LogP contribution in [0.3, 0.4) is 0 Å². The van der Waals surface area contributed by atoms with E-state index in [1.165, 1.54) is 18.2 Å². The van der Waals surface area contributed by atoms with Crippen LogP contribution in [-0.2, 0) is 28.3 Å². The van der Waals surface area contributed by atoms with Crippen molar-refractivity contribution in [2.45, 2.75) is 69.8 Å². The van der Waals surface area contributed by atoms with Gasteiger partial charge in [-0.25, -0.2) is 0 Å². The van der Waals surface area contributed by atoms with Crippen LogP contribution in [0.25, 0.3) is 0 Å². The number of hydrogen-bond acceptors (Lipinski definition) is 3. The van der Waals surface area contributed by atoms with Crippen LogP contribution < -0.4 is 5.32 Å². The molecular weight excluding hydrogens is 547 g/mol. The van der Waals surface area contributed by atoms with Crippen LogP contribution >= 0.6 is 35.0 Å². The fourth-order valence-electron chi connectivity index (χ4n) is 4.96. The van der Waals surface area contributed by atoms with E-state index in [0.717, 1.165) is 47.9 Å². The van der Waals surface area contributed by atoms with E-state index in [0.29, 0.717) is 28.8 Å². The molecule has 0 radical (unpaired) electrons. The zero-order chi connectivity index (χ0) is 27.6. The molecular formula is C32H36Cl2N2O2S. The third-order valence-corrected chi connectivity index (χ3v) is 8.75. The number of rotatable bonds is 11. The van der Waals surface area contributed by atoms with Gasteiger partial charge in [0.2, 0.25) is 11.8 Å². The zero-order valence-corrected chi connectivity index (χ0v) is 24.7. The predicted octanol–water partition coefficient (Wildman–Crippen LogP) is 7.62. The molecule has 1 fully saturated rings. The number of halogens is 2. The van der Waals surface area contributed by atoms with E-state index < -0.39 is 6.04 Å². The van der Waals surface area contributed by atoms with E-state index in [4.69, 9.17) is 23.2 Å². The number of nitrogens with zero attached hydrogens (tertiary/aromatic N) is 1. The van der Waals surface area contributed by atoms with Crippen molar-refractivity contribution in [1.82, 2.24) is 10.2 Å². The Labute approximate surface area is 246 Å². The van der Waals surface area contributed by atoms with Crippen LogP contribution in [0.1, 0.15) is 54.4 Å². The van der Waals surface area contributed by atoms with Crippen LogP contribution in [0, 0.1) is 6.92 Å². The molecule has 0 bridgehead atoms. The molecule has 206 valence electrons.